The largest absolute Gasteiger partial charge is 0.207 e. The Morgan fingerprint density at radius 2 is 1.75 bits per heavy atom. The van der Waals surface area contributed by atoms with Gasteiger partial charge in [0, 0.05) is 10.4 Å². The van der Waals surface area contributed by atoms with Crippen LogP contribution < -0.4 is 0 Å². The first-order valence-corrected chi connectivity index (χ1v) is 7.94. The highest BCUT2D eigenvalue weighted by molar-refractivity contribution is 9.10. The van der Waals surface area contributed by atoms with Crippen LogP contribution in [0.25, 0.3) is 0 Å². The summed E-state index contributed by atoms with van der Waals surface area (Å²) in [4.78, 5) is -0.259. The molecule has 0 radical (unpaired) electrons. The smallest absolute Gasteiger partial charge is 0.137 e. The second-order valence-corrected chi connectivity index (χ2v) is 6.85. The van der Waals surface area contributed by atoms with Crippen LogP contribution in [0.4, 0.5) is 8.78 Å². The van der Waals surface area contributed by atoms with E-state index in [9.17, 15) is 8.78 Å². The van der Waals surface area contributed by atoms with Gasteiger partial charge in [-0.25, -0.2) is 8.78 Å². The van der Waals surface area contributed by atoms with Crippen molar-refractivity contribution in [3.05, 3.63) is 68.7 Å². The predicted molar refractivity (Wildman–Crippen MR) is 85.3 cm³/mol. The highest BCUT2D eigenvalue weighted by Crippen LogP contribution is 2.32. The van der Waals surface area contributed by atoms with Crippen LogP contribution in [0.15, 0.2) is 34.8 Å². The third kappa shape index (κ3) is 3.47. The molecule has 0 heterocycles. The van der Waals surface area contributed by atoms with Crippen molar-refractivity contribution in [1.82, 2.24) is 0 Å². The van der Waals surface area contributed by atoms with E-state index in [2.05, 4.69) is 37.9 Å². The SMILES string of the molecule is Cc1ccc(C)c(CC(Br)c2cc(F)c(Br)cc2F)c1. The lowest BCUT2D eigenvalue weighted by Gasteiger charge is -2.14. The van der Waals surface area contributed by atoms with Crippen LogP contribution in [0, 0.1) is 25.5 Å². The number of hydrogen-bond acceptors (Lipinski definition) is 0. The topological polar surface area (TPSA) is 0 Å². The van der Waals surface area contributed by atoms with E-state index in [4.69, 9.17) is 0 Å². The molecule has 2 rings (SSSR count). The van der Waals surface area contributed by atoms with E-state index in [1.165, 1.54) is 12.1 Å². The van der Waals surface area contributed by atoms with Crippen LogP contribution in [-0.4, -0.2) is 0 Å². The summed E-state index contributed by atoms with van der Waals surface area (Å²) in [7, 11) is 0. The van der Waals surface area contributed by atoms with Crippen LogP contribution in [0.3, 0.4) is 0 Å². The average molecular weight is 404 g/mol. The molecular formula is C16H14Br2F2. The van der Waals surface area contributed by atoms with E-state index in [0.717, 1.165) is 16.7 Å². The van der Waals surface area contributed by atoms with Gasteiger partial charge in [0.2, 0.25) is 0 Å². The Morgan fingerprint density at radius 1 is 1.05 bits per heavy atom. The highest BCUT2D eigenvalue weighted by Gasteiger charge is 2.17. The zero-order valence-electron chi connectivity index (χ0n) is 11.2. The normalized spacial score (nSPS) is 12.5. The Hall–Kier alpha value is -0.740. The van der Waals surface area contributed by atoms with Gasteiger partial charge < -0.3 is 0 Å². The van der Waals surface area contributed by atoms with Gasteiger partial charge in [-0.2, -0.15) is 0 Å². The fraction of sp³-hybridized carbons (Fsp3) is 0.250. The molecule has 1 unspecified atom stereocenters. The molecule has 0 nitrogen and oxygen atoms in total. The number of alkyl halides is 1. The van der Waals surface area contributed by atoms with E-state index in [-0.39, 0.29) is 9.30 Å². The molecule has 0 spiro atoms. The van der Waals surface area contributed by atoms with Gasteiger partial charge >= 0.3 is 0 Å². The molecule has 106 valence electrons. The Kier molecular flexibility index (Phi) is 4.97. The number of hydrogen-bond donors (Lipinski definition) is 0. The number of benzene rings is 2. The Balaban J connectivity index is 2.30. The Morgan fingerprint density at radius 3 is 2.45 bits per heavy atom. The summed E-state index contributed by atoms with van der Waals surface area (Å²) in [6.45, 7) is 4.04. The maximum atomic E-state index is 13.9. The molecule has 0 aliphatic carbocycles. The van der Waals surface area contributed by atoms with Gasteiger partial charge in [0.25, 0.3) is 0 Å². The van der Waals surface area contributed by atoms with E-state index < -0.39 is 11.6 Å². The quantitative estimate of drug-likeness (QED) is 0.434. The van der Waals surface area contributed by atoms with Crippen molar-refractivity contribution < 1.29 is 8.78 Å². The molecule has 0 aliphatic rings. The third-order valence-corrected chi connectivity index (χ3v) is 4.71. The van der Waals surface area contributed by atoms with Crippen molar-refractivity contribution in [3.8, 4) is 0 Å². The molecule has 0 aliphatic heterocycles. The zero-order valence-corrected chi connectivity index (χ0v) is 14.4. The summed E-state index contributed by atoms with van der Waals surface area (Å²) in [5, 5.41) is 0. The van der Waals surface area contributed by atoms with Crippen LogP contribution >= 0.6 is 31.9 Å². The van der Waals surface area contributed by atoms with Gasteiger partial charge in [-0.15, -0.1) is 0 Å². The van der Waals surface area contributed by atoms with E-state index in [0.29, 0.717) is 12.0 Å². The Labute approximate surface area is 134 Å². The van der Waals surface area contributed by atoms with Crippen molar-refractivity contribution >= 4 is 31.9 Å². The van der Waals surface area contributed by atoms with Crippen LogP contribution in [0.1, 0.15) is 27.1 Å². The van der Waals surface area contributed by atoms with Crippen molar-refractivity contribution in [1.29, 1.82) is 0 Å². The third-order valence-electron chi connectivity index (χ3n) is 3.28. The monoisotopic (exact) mass is 402 g/mol. The molecule has 1 atom stereocenters. The van der Waals surface area contributed by atoms with Gasteiger partial charge in [0.1, 0.15) is 11.6 Å². The summed E-state index contributed by atoms with van der Waals surface area (Å²) in [5.74, 6) is -0.864. The molecule has 0 aromatic heterocycles. The number of halogens is 4. The molecule has 2 aromatic carbocycles. The van der Waals surface area contributed by atoms with Gasteiger partial charge in [-0.05, 0) is 59.5 Å². The molecule has 2 aromatic rings. The minimum Gasteiger partial charge on any atom is -0.207 e. The second kappa shape index (κ2) is 6.35. The molecule has 0 bridgehead atoms. The molecule has 0 saturated heterocycles. The fourth-order valence-electron chi connectivity index (χ4n) is 2.10. The zero-order chi connectivity index (χ0) is 14.9. The summed E-state index contributed by atoms with van der Waals surface area (Å²) in [6, 6.07) is 8.58. The maximum Gasteiger partial charge on any atom is 0.137 e. The van der Waals surface area contributed by atoms with Gasteiger partial charge in [-0.3, -0.25) is 0 Å². The summed E-state index contributed by atoms with van der Waals surface area (Å²) in [5.41, 5.74) is 3.78. The van der Waals surface area contributed by atoms with Crippen molar-refractivity contribution in [2.45, 2.75) is 25.1 Å². The van der Waals surface area contributed by atoms with Crippen molar-refractivity contribution in [2.24, 2.45) is 0 Å². The molecule has 0 N–H and O–H groups in total. The second-order valence-electron chi connectivity index (χ2n) is 4.89. The average Bonchev–Trinajstić information content (AvgIpc) is 2.38. The van der Waals surface area contributed by atoms with Gasteiger partial charge in [0.15, 0.2) is 0 Å². The molecular weight excluding hydrogens is 390 g/mol. The lowest BCUT2D eigenvalue weighted by Crippen LogP contribution is -2.02. The summed E-state index contributed by atoms with van der Waals surface area (Å²) < 4.78 is 27.6. The molecule has 0 amide bonds. The predicted octanol–water partition coefficient (Wildman–Crippen LogP) is 6.02. The number of aryl methyl sites for hydroxylation is 2. The van der Waals surface area contributed by atoms with Crippen LogP contribution in [-0.2, 0) is 6.42 Å². The standard InChI is InChI=1S/C16H14Br2F2/c1-9-3-4-10(2)11(5-9)6-13(17)12-7-16(20)14(18)8-15(12)19/h3-5,7-8,13H,6H2,1-2H3. The van der Waals surface area contributed by atoms with Crippen molar-refractivity contribution in [2.75, 3.05) is 0 Å². The van der Waals surface area contributed by atoms with Crippen LogP contribution in [0.5, 0.6) is 0 Å². The van der Waals surface area contributed by atoms with Gasteiger partial charge in [0.05, 0.1) is 4.47 Å². The lowest BCUT2D eigenvalue weighted by atomic mass is 9.98. The van der Waals surface area contributed by atoms with Gasteiger partial charge in [-0.1, -0.05) is 39.7 Å². The highest BCUT2D eigenvalue weighted by atomic mass is 79.9. The maximum absolute atomic E-state index is 13.9. The lowest BCUT2D eigenvalue weighted by molar-refractivity contribution is 0.578. The Bertz CT molecular complexity index is 639. The summed E-state index contributed by atoms with van der Waals surface area (Å²) >= 11 is 6.46. The first-order chi connectivity index (χ1) is 9.38. The molecule has 0 fully saturated rings. The minimum absolute atomic E-state index is 0.144. The molecule has 0 saturated carbocycles. The summed E-state index contributed by atoms with van der Waals surface area (Å²) in [6.07, 6.45) is 0.617. The van der Waals surface area contributed by atoms with Crippen LogP contribution in [0.2, 0.25) is 0 Å². The van der Waals surface area contributed by atoms with E-state index in [1.807, 2.05) is 26.0 Å². The van der Waals surface area contributed by atoms with E-state index >= 15 is 0 Å². The van der Waals surface area contributed by atoms with E-state index in [1.54, 1.807) is 0 Å². The first-order valence-electron chi connectivity index (χ1n) is 6.23. The molecule has 4 heteroatoms. The van der Waals surface area contributed by atoms with Crippen molar-refractivity contribution in [3.63, 3.8) is 0 Å². The molecule has 20 heavy (non-hydrogen) atoms. The minimum atomic E-state index is -0.452. The fourth-order valence-corrected chi connectivity index (χ4v) is 3.12. The first kappa shape index (κ1) is 15.6. The number of rotatable bonds is 3.